The molecular formula is C28H25N5O3. The zero-order valence-electron chi connectivity index (χ0n) is 19.7. The fraction of sp³-hybridized carbons (Fsp3) is 0.143. The van der Waals surface area contributed by atoms with Crippen LogP contribution in [0.25, 0.3) is 11.0 Å². The van der Waals surface area contributed by atoms with E-state index in [1.165, 1.54) is 4.90 Å². The van der Waals surface area contributed by atoms with Crippen molar-refractivity contribution in [3.63, 3.8) is 0 Å². The number of fused-ring (bicyclic) bond motifs is 1. The minimum absolute atomic E-state index is 0.0801. The lowest BCUT2D eigenvalue weighted by Crippen LogP contribution is -2.45. The summed E-state index contributed by atoms with van der Waals surface area (Å²) in [6.45, 7) is 2.06. The van der Waals surface area contributed by atoms with E-state index in [9.17, 15) is 9.59 Å². The normalized spacial score (nSPS) is 11.8. The van der Waals surface area contributed by atoms with Crippen molar-refractivity contribution in [3.05, 3.63) is 114 Å². The van der Waals surface area contributed by atoms with Gasteiger partial charge in [0.15, 0.2) is 0 Å². The summed E-state index contributed by atoms with van der Waals surface area (Å²) in [5.41, 5.74) is 3.68. The number of rotatable bonds is 8. The van der Waals surface area contributed by atoms with Crippen LogP contribution in [0.5, 0.6) is 0 Å². The third kappa shape index (κ3) is 4.74. The van der Waals surface area contributed by atoms with Crippen molar-refractivity contribution in [3.8, 4) is 0 Å². The van der Waals surface area contributed by atoms with Crippen LogP contribution >= 0.6 is 0 Å². The van der Waals surface area contributed by atoms with Crippen LogP contribution in [-0.2, 0) is 22.7 Å². The SMILES string of the molecule is Cc1ccccc1[C@H](C(=O)NCc1ccco1)N(C(=O)Cn1nnc2ccccc21)c1ccccc1. The molecule has 5 aromatic rings. The Labute approximate surface area is 208 Å². The molecule has 2 heterocycles. The highest BCUT2D eigenvalue weighted by molar-refractivity contribution is 6.01. The quantitative estimate of drug-likeness (QED) is 0.356. The second kappa shape index (κ2) is 10.3. The Morgan fingerprint density at radius 2 is 1.69 bits per heavy atom. The lowest BCUT2D eigenvalue weighted by Gasteiger charge is -2.32. The largest absolute Gasteiger partial charge is 0.467 e. The first-order valence-electron chi connectivity index (χ1n) is 11.6. The van der Waals surface area contributed by atoms with E-state index in [0.717, 1.165) is 16.6 Å². The van der Waals surface area contributed by atoms with Crippen molar-refractivity contribution in [2.45, 2.75) is 26.1 Å². The standard InChI is InChI=1S/C28H25N5O3/c1-20-10-5-6-14-23(20)27(28(35)29-18-22-13-9-17-36-22)33(21-11-3-2-4-12-21)26(34)19-32-25-16-8-7-15-24(25)30-31-32/h2-17,27H,18-19H2,1H3,(H,29,35)/t27-/m1/s1. The number of nitrogens with zero attached hydrogens (tertiary/aromatic N) is 4. The molecular weight excluding hydrogens is 454 g/mol. The number of carbonyl (C=O) groups excluding carboxylic acids is 2. The van der Waals surface area contributed by atoms with Crippen LogP contribution in [0.1, 0.15) is 22.9 Å². The predicted octanol–water partition coefficient (Wildman–Crippen LogP) is 4.42. The number of anilines is 1. The molecule has 8 heteroatoms. The number of para-hydroxylation sites is 2. The maximum absolute atomic E-state index is 14.0. The summed E-state index contributed by atoms with van der Waals surface area (Å²) < 4.78 is 6.94. The van der Waals surface area contributed by atoms with Gasteiger partial charge in [0, 0.05) is 5.69 Å². The highest BCUT2D eigenvalue weighted by Gasteiger charge is 2.34. The van der Waals surface area contributed by atoms with Crippen molar-refractivity contribution in [1.82, 2.24) is 20.3 Å². The van der Waals surface area contributed by atoms with Gasteiger partial charge in [-0.15, -0.1) is 5.10 Å². The first kappa shape index (κ1) is 23.0. The second-order valence-corrected chi connectivity index (χ2v) is 8.39. The number of aromatic nitrogens is 3. The molecule has 0 fully saturated rings. The first-order chi connectivity index (χ1) is 17.6. The molecule has 0 aliphatic carbocycles. The van der Waals surface area contributed by atoms with Gasteiger partial charge >= 0.3 is 0 Å². The summed E-state index contributed by atoms with van der Waals surface area (Å²) in [4.78, 5) is 29.2. The molecule has 2 amide bonds. The molecule has 0 unspecified atom stereocenters. The zero-order valence-corrected chi connectivity index (χ0v) is 19.7. The van der Waals surface area contributed by atoms with E-state index >= 15 is 0 Å². The van der Waals surface area contributed by atoms with E-state index in [-0.39, 0.29) is 24.9 Å². The molecule has 0 bridgehead atoms. The van der Waals surface area contributed by atoms with E-state index in [1.807, 2.05) is 85.8 Å². The van der Waals surface area contributed by atoms with Gasteiger partial charge in [-0.3, -0.25) is 14.5 Å². The maximum atomic E-state index is 14.0. The summed E-state index contributed by atoms with van der Waals surface area (Å²) in [7, 11) is 0. The Hall–Kier alpha value is -4.72. The van der Waals surface area contributed by atoms with Gasteiger partial charge in [-0.2, -0.15) is 0 Å². The fourth-order valence-electron chi connectivity index (χ4n) is 4.24. The van der Waals surface area contributed by atoms with Gasteiger partial charge < -0.3 is 9.73 Å². The van der Waals surface area contributed by atoms with Crippen molar-refractivity contribution < 1.29 is 14.0 Å². The van der Waals surface area contributed by atoms with E-state index < -0.39 is 6.04 Å². The average Bonchev–Trinajstić information content (AvgIpc) is 3.57. The number of nitrogens with one attached hydrogen (secondary N) is 1. The van der Waals surface area contributed by atoms with E-state index in [4.69, 9.17) is 4.42 Å². The Kier molecular flexibility index (Phi) is 6.57. The summed E-state index contributed by atoms with van der Waals surface area (Å²) in [6, 6.07) is 26.9. The minimum Gasteiger partial charge on any atom is -0.467 e. The molecule has 1 N–H and O–H groups in total. The first-order valence-corrected chi connectivity index (χ1v) is 11.6. The second-order valence-electron chi connectivity index (χ2n) is 8.39. The van der Waals surface area contributed by atoms with E-state index in [1.54, 1.807) is 23.1 Å². The fourth-order valence-corrected chi connectivity index (χ4v) is 4.24. The molecule has 5 rings (SSSR count). The van der Waals surface area contributed by atoms with E-state index in [2.05, 4.69) is 15.6 Å². The Bertz CT molecular complexity index is 1480. The van der Waals surface area contributed by atoms with Crippen LogP contribution in [0.2, 0.25) is 0 Å². The molecule has 180 valence electrons. The summed E-state index contributed by atoms with van der Waals surface area (Å²) >= 11 is 0. The molecule has 0 saturated carbocycles. The Balaban J connectivity index is 1.55. The van der Waals surface area contributed by atoms with Crippen LogP contribution in [0.15, 0.2) is 102 Å². The van der Waals surface area contributed by atoms with Crippen LogP contribution in [0, 0.1) is 6.92 Å². The summed E-state index contributed by atoms with van der Waals surface area (Å²) in [5, 5.41) is 11.3. The van der Waals surface area contributed by atoms with Crippen molar-refractivity contribution in [1.29, 1.82) is 0 Å². The Morgan fingerprint density at radius 3 is 2.47 bits per heavy atom. The number of carbonyl (C=O) groups is 2. The highest BCUT2D eigenvalue weighted by Crippen LogP contribution is 2.30. The van der Waals surface area contributed by atoms with Gasteiger partial charge in [0.1, 0.15) is 23.9 Å². The van der Waals surface area contributed by atoms with Crippen LogP contribution in [0.3, 0.4) is 0 Å². The average molecular weight is 480 g/mol. The number of hydrogen-bond acceptors (Lipinski definition) is 5. The monoisotopic (exact) mass is 479 g/mol. The molecule has 1 atom stereocenters. The number of hydrogen-bond donors (Lipinski definition) is 1. The summed E-state index contributed by atoms with van der Waals surface area (Å²) in [5.74, 6) is 0.0122. The van der Waals surface area contributed by atoms with Gasteiger partial charge in [0.25, 0.3) is 0 Å². The van der Waals surface area contributed by atoms with Crippen LogP contribution in [0.4, 0.5) is 5.69 Å². The predicted molar refractivity (Wildman–Crippen MR) is 136 cm³/mol. The minimum atomic E-state index is -0.911. The third-order valence-electron chi connectivity index (χ3n) is 6.01. The molecule has 2 aromatic heterocycles. The molecule has 0 saturated heterocycles. The molecule has 0 spiro atoms. The maximum Gasteiger partial charge on any atom is 0.249 e. The zero-order chi connectivity index (χ0) is 24.9. The van der Waals surface area contributed by atoms with Crippen LogP contribution < -0.4 is 10.2 Å². The van der Waals surface area contributed by atoms with Crippen molar-refractivity contribution >= 4 is 28.5 Å². The van der Waals surface area contributed by atoms with Crippen LogP contribution in [-0.4, -0.2) is 26.8 Å². The number of amides is 2. The van der Waals surface area contributed by atoms with Gasteiger partial charge in [-0.05, 0) is 54.4 Å². The highest BCUT2D eigenvalue weighted by atomic mass is 16.3. The number of furan rings is 1. The molecule has 36 heavy (non-hydrogen) atoms. The molecule has 3 aromatic carbocycles. The third-order valence-corrected chi connectivity index (χ3v) is 6.01. The number of benzene rings is 3. The lowest BCUT2D eigenvalue weighted by atomic mass is 9.98. The lowest BCUT2D eigenvalue weighted by molar-refractivity contribution is -0.127. The van der Waals surface area contributed by atoms with Gasteiger partial charge in [0.2, 0.25) is 11.8 Å². The summed E-state index contributed by atoms with van der Waals surface area (Å²) in [6.07, 6.45) is 1.56. The van der Waals surface area contributed by atoms with E-state index in [0.29, 0.717) is 17.0 Å². The smallest absolute Gasteiger partial charge is 0.249 e. The van der Waals surface area contributed by atoms with Crippen molar-refractivity contribution in [2.24, 2.45) is 0 Å². The Morgan fingerprint density at radius 1 is 0.944 bits per heavy atom. The van der Waals surface area contributed by atoms with Gasteiger partial charge in [-0.1, -0.05) is 59.8 Å². The molecule has 8 nitrogen and oxygen atoms in total. The van der Waals surface area contributed by atoms with Crippen molar-refractivity contribution in [2.75, 3.05) is 4.90 Å². The van der Waals surface area contributed by atoms with Gasteiger partial charge in [0.05, 0.1) is 18.3 Å². The van der Waals surface area contributed by atoms with Gasteiger partial charge in [-0.25, -0.2) is 4.68 Å². The molecule has 0 radical (unpaired) electrons. The molecule has 0 aliphatic rings. The number of aryl methyl sites for hydroxylation is 1. The molecule has 0 aliphatic heterocycles. The topological polar surface area (TPSA) is 93.3 Å².